The second-order valence-electron chi connectivity index (χ2n) is 9.16. The van der Waals surface area contributed by atoms with Crippen LogP contribution in [0.5, 0.6) is 11.5 Å². The van der Waals surface area contributed by atoms with Gasteiger partial charge >= 0.3 is 6.09 Å². The number of amides is 2. The molecule has 1 fully saturated rings. The molecule has 2 atom stereocenters. The number of sulfone groups is 1. The number of nitrogens with one attached hydrogen (secondary N) is 2. The summed E-state index contributed by atoms with van der Waals surface area (Å²) in [6.45, 7) is 0.820. The van der Waals surface area contributed by atoms with Crippen LogP contribution in [0.2, 0.25) is 0 Å². The number of hydrogen-bond donors (Lipinski definition) is 2. The van der Waals surface area contributed by atoms with Gasteiger partial charge in [-0.1, -0.05) is 48.5 Å². The Balaban J connectivity index is 1.42. The number of para-hydroxylation sites is 1. The summed E-state index contributed by atoms with van der Waals surface area (Å²) in [6, 6.07) is 22.7. The average molecular weight is 553 g/mol. The fourth-order valence-electron chi connectivity index (χ4n) is 4.05. The summed E-state index contributed by atoms with van der Waals surface area (Å²) in [5.74, 6) is -0.202. The van der Waals surface area contributed by atoms with Crippen molar-refractivity contribution in [3.05, 3.63) is 90.5 Å². The van der Waals surface area contributed by atoms with E-state index in [0.29, 0.717) is 18.1 Å². The SMILES string of the molecule is O=C(NC(CS(=O)(=O)c1ccc(Oc2ccccc2)cc1)C(=O)NCC1CCCCO1)OCc1ccccc1. The number of carbonyl (C=O) groups excluding carboxylic acids is 2. The second kappa shape index (κ2) is 13.8. The number of rotatable bonds is 11. The third-order valence-corrected chi connectivity index (χ3v) is 7.91. The number of alkyl carbamates (subject to hydrolysis) is 1. The lowest BCUT2D eigenvalue weighted by molar-refractivity contribution is -0.123. The maximum absolute atomic E-state index is 13.2. The first kappa shape index (κ1) is 28.1. The van der Waals surface area contributed by atoms with Crippen LogP contribution in [0.15, 0.2) is 89.8 Å². The summed E-state index contributed by atoms with van der Waals surface area (Å²) in [5.41, 5.74) is 0.758. The minimum atomic E-state index is -3.97. The molecule has 0 aromatic heterocycles. The summed E-state index contributed by atoms with van der Waals surface area (Å²) in [7, 11) is -3.97. The highest BCUT2D eigenvalue weighted by atomic mass is 32.2. The lowest BCUT2D eigenvalue weighted by Gasteiger charge is -2.24. The van der Waals surface area contributed by atoms with E-state index < -0.39 is 33.6 Å². The molecule has 0 aliphatic carbocycles. The van der Waals surface area contributed by atoms with Gasteiger partial charge < -0.3 is 24.8 Å². The Morgan fingerprint density at radius 3 is 2.23 bits per heavy atom. The van der Waals surface area contributed by atoms with Crippen LogP contribution in [0, 0.1) is 0 Å². The van der Waals surface area contributed by atoms with Crippen molar-refractivity contribution < 1.29 is 32.2 Å². The number of ether oxygens (including phenoxy) is 3. The Morgan fingerprint density at radius 1 is 0.897 bits per heavy atom. The first-order valence-corrected chi connectivity index (χ1v) is 14.5. The van der Waals surface area contributed by atoms with Crippen molar-refractivity contribution in [2.24, 2.45) is 0 Å². The molecule has 39 heavy (non-hydrogen) atoms. The predicted octanol–water partition coefficient (Wildman–Crippen LogP) is 4.23. The maximum atomic E-state index is 13.2. The van der Waals surface area contributed by atoms with Gasteiger partial charge in [-0.3, -0.25) is 4.79 Å². The van der Waals surface area contributed by atoms with Crippen LogP contribution in [-0.2, 0) is 30.7 Å². The van der Waals surface area contributed by atoms with Crippen LogP contribution in [0.1, 0.15) is 24.8 Å². The standard InChI is InChI=1S/C29H32N2O7S/c32-28(30-19-25-13-7-8-18-36-25)27(31-29(33)37-20-22-9-3-1-4-10-22)21-39(34,35)26-16-14-24(15-17-26)38-23-11-5-2-6-12-23/h1-6,9-12,14-17,25,27H,7-8,13,18-21H2,(H,30,32)(H,31,33). The number of benzene rings is 3. The van der Waals surface area contributed by atoms with Gasteiger partial charge in [0.1, 0.15) is 24.1 Å². The number of carbonyl (C=O) groups is 2. The Kier molecular flexibility index (Phi) is 9.93. The van der Waals surface area contributed by atoms with Gasteiger partial charge in [-0.25, -0.2) is 13.2 Å². The predicted molar refractivity (Wildman–Crippen MR) is 145 cm³/mol. The first-order chi connectivity index (χ1) is 18.9. The molecule has 1 aliphatic heterocycles. The van der Waals surface area contributed by atoms with Crippen LogP contribution in [0.25, 0.3) is 0 Å². The lowest BCUT2D eigenvalue weighted by atomic mass is 10.1. The van der Waals surface area contributed by atoms with Crippen LogP contribution in [-0.4, -0.2) is 51.5 Å². The zero-order valence-corrected chi connectivity index (χ0v) is 22.3. The van der Waals surface area contributed by atoms with Crippen LogP contribution < -0.4 is 15.4 Å². The van der Waals surface area contributed by atoms with Gasteiger partial charge in [0.2, 0.25) is 5.91 Å². The van der Waals surface area contributed by atoms with Crippen molar-refractivity contribution in [1.29, 1.82) is 0 Å². The van der Waals surface area contributed by atoms with E-state index in [1.54, 1.807) is 24.3 Å². The molecule has 0 bridgehead atoms. The van der Waals surface area contributed by atoms with Gasteiger partial charge in [0.25, 0.3) is 0 Å². The first-order valence-electron chi connectivity index (χ1n) is 12.8. The van der Waals surface area contributed by atoms with Crippen molar-refractivity contribution in [3.63, 3.8) is 0 Å². The van der Waals surface area contributed by atoms with Gasteiger partial charge in [0, 0.05) is 13.2 Å². The summed E-state index contributed by atoms with van der Waals surface area (Å²) >= 11 is 0. The molecule has 1 aliphatic rings. The van der Waals surface area contributed by atoms with Crippen LogP contribution >= 0.6 is 0 Å². The zero-order chi connectivity index (χ0) is 27.5. The molecule has 0 radical (unpaired) electrons. The van der Waals surface area contributed by atoms with E-state index >= 15 is 0 Å². The minimum absolute atomic E-state index is 0.00391. The van der Waals surface area contributed by atoms with Crippen molar-refractivity contribution >= 4 is 21.8 Å². The Morgan fingerprint density at radius 2 is 1.56 bits per heavy atom. The molecule has 3 aromatic carbocycles. The molecule has 2 N–H and O–H groups in total. The lowest BCUT2D eigenvalue weighted by Crippen LogP contribution is -2.52. The molecule has 0 saturated carbocycles. The van der Waals surface area contributed by atoms with Gasteiger partial charge in [-0.05, 0) is 61.2 Å². The highest BCUT2D eigenvalue weighted by Gasteiger charge is 2.29. The molecule has 10 heteroatoms. The fraction of sp³-hybridized carbons (Fsp3) is 0.310. The minimum Gasteiger partial charge on any atom is -0.457 e. The molecule has 3 aromatic rings. The summed E-state index contributed by atoms with van der Waals surface area (Å²) < 4.78 is 43.1. The van der Waals surface area contributed by atoms with Gasteiger partial charge in [0.05, 0.1) is 16.8 Å². The van der Waals surface area contributed by atoms with Crippen molar-refractivity contribution in [2.75, 3.05) is 18.9 Å². The molecule has 206 valence electrons. The topological polar surface area (TPSA) is 120 Å². The molecule has 4 rings (SSSR count). The summed E-state index contributed by atoms with van der Waals surface area (Å²) in [6.07, 6.45) is 1.71. The van der Waals surface area contributed by atoms with E-state index in [-0.39, 0.29) is 24.2 Å². The maximum Gasteiger partial charge on any atom is 0.408 e. The molecule has 1 saturated heterocycles. The Hall–Kier alpha value is -3.89. The van der Waals surface area contributed by atoms with Crippen molar-refractivity contribution in [1.82, 2.24) is 10.6 Å². The van der Waals surface area contributed by atoms with Crippen LogP contribution in [0.3, 0.4) is 0 Å². The summed E-state index contributed by atoms with van der Waals surface area (Å²) in [4.78, 5) is 25.6. The highest BCUT2D eigenvalue weighted by Crippen LogP contribution is 2.23. The van der Waals surface area contributed by atoms with E-state index in [9.17, 15) is 18.0 Å². The molecule has 2 amide bonds. The van der Waals surface area contributed by atoms with E-state index in [2.05, 4.69) is 10.6 Å². The molecular formula is C29H32N2O7S. The number of hydrogen-bond acceptors (Lipinski definition) is 7. The van der Waals surface area contributed by atoms with E-state index in [0.717, 1.165) is 24.8 Å². The van der Waals surface area contributed by atoms with Crippen molar-refractivity contribution in [3.8, 4) is 11.5 Å². The highest BCUT2D eigenvalue weighted by molar-refractivity contribution is 7.91. The second-order valence-corrected chi connectivity index (χ2v) is 11.2. The molecule has 2 unspecified atom stereocenters. The Labute approximate surface area is 228 Å². The monoisotopic (exact) mass is 552 g/mol. The molecule has 0 spiro atoms. The molecule has 9 nitrogen and oxygen atoms in total. The van der Waals surface area contributed by atoms with Crippen molar-refractivity contribution in [2.45, 2.75) is 42.9 Å². The fourth-order valence-corrected chi connectivity index (χ4v) is 5.47. The molecule has 1 heterocycles. The van der Waals surface area contributed by atoms with Gasteiger partial charge in [-0.15, -0.1) is 0 Å². The smallest absolute Gasteiger partial charge is 0.408 e. The zero-order valence-electron chi connectivity index (χ0n) is 21.5. The van der Waals surface area contributed by atoms with E-state index in [1.165, 1.54) is 24.3 Å². The van der Waals surface area contributed by atoms with E-state index in [1.807, 2.05) is 36.4 Å². The Bertz CT molecular complexity index is 1310. The molecular weight excluding hydrogens is 520 g/mol. The third-order valence-electron chi connectivity index (χ3n) is 6.15. The largest absolute Gasteiger partial charge is 0.457 e. The van der Waals surface area contributed by atoms with E-state index in [4.69, 9.17) is 14.2 Å². The van der Waals surface area contributed by atoms with Gasteiger partial charge in [-0.2, -0.15) is 0 Å². The summed E-state index contributed by atoms with van der Waals surface area (Å²) in [5, 5.41) is 5.15. The quantitative estimate of drug-likeness (QED) is 0.365. The average Bonchev–Trinajstić information content (AvgIpc) is 2.96. The van der Waals surface area contributed by atoms with Gasteiger partial charge in [0.15, 0.2) is 9.84 Å². The normalized spacial score (nSPS) is 16.1. The third kappa shape index (κ3) is 8.83. The van der Waals surface area contributed by atoms with Crippen LogP contribution in [0.4, 0.5) is 4.79 Å².